The summed E-state index contributed by atoms with van der Waals surface area (Å²) < 4.78 is 0. The third-order valence-corrected chi connectivity index (χ3v) is 3.80. The lowest BCUT2D eigenvalue weighted by Crippen LogP contribution is -2.19. The minimum absolute atomic E-state index is 0.309. The third kappa shape index (κ3) is 4.52. The molecule has 1 aliphatic rings. The highest BCUT2D eigenvalue weighted by atomic mass is 32.2. The average Bonchev–Trinajstić information content (AvgIpc) is 2.45. The van der Waals surface area contributed by atoms with E-state index in [1.165, 1.54) is 0 Å². The predicted octanol–water partition coefficient (Wildman–Crippen LogP) is 1.46. The molecule has 76 valence electrons. The van der Waals surface area contributed by atoms with Crippen LogP contribution in [-0.4, -0.2) is 28.1 Å². The van der Waals surface area contributed by atoms with Crippen LogP contribution in [0.4, 0.5) is 0 Å². The molecule has 0 bridgehead atoms. The zero-order valence-electron chi connectivity index (χ0n) is 7.74. The molecule has 0 aromatic carbocycles. The van der Waals surface area contributed by atoms with Gasteiger partial charge in [0.2, 0.25) is 0 Å². The number of nitrogens with two attached hydrogens (primary N) is 1. The highest BCUT2D eigenvalue weighted by Gasteiger charge is 2.21. The van der Waals surface area contributed by atoms with Crippen molar-refractivity contribution in [3.8, 4) is 0 Å². The zero-order valence-corrected chi connectivity index (χ0v) is 8.55. The van der Waals surface area contributed by atoms with Crippen molar-refractivity contribution >= 4 is 17.7 Å². The van der Waals surface area contributed by atoms with Gasteiger partial charge in [0.25, 0.3) is 0 Å². The molecule has 1 fully saturated rings. The van der Waals surface area contributed by atoms with Crippen LogP contribution in [0.5, 0.6) is 0 Å². The summed E-state index contributed by atoms with van der Waals surface area (Å²) in [7, 11) is 0. The van der Waals surface area contributed by atoms with Crippen LogP contribution in [-0.2, 0) is 4.79 Å². The Bertz CT molecular complexity index is 175. The van der Waals surface area contributed by atoms with Gasteiger partial charge in [0, 0.05) is 23.5 Å². The fourth-order valence-electron chi connectivity index (χ4n) is 1.58. The molecule has 0 amide bonds. The molecule has 3 N–H and O–H groups in total. The molecule has 2 atom stereocenters. The minimum atomic E-state index is -0.684. The van der Waals surface area contributed by atoms with Crippen molar-refractivity contribution in [2.24, 2.45) is 5.73 Å². The fourth-order valence-corrected chi connectivity index (χ4v) is 2.95. The Morgan fingerprint density at radius 3 is 2.85 bits per heavy atom. The molecule has 0 spiro atoms. The monoisotopic (exact) mass is 203 g/mol. The van der Waals surface area contributed by atoms with Gasteiger partial charge >= 0.3 is 5.97 Å². The molecule has 0 aromatic rings. The van der Waals surface area contributed by atoms with Crippen LogP contribution in [0.25, 0.3) is 0 Å². The second-order valence-electron chi connectivity index (χ2n) is 3.59. The smallest absolute Gasteiger partial charge is 0.303 e. The first-order valence-electron chi connectivity index (χ1n) is 4.77. The molecular weight excluding hydrogens is 186 g/mol. The van der Waals surface area contributed by atoms with Crippen molar-refractivity contribution in [1.82, 2.24) is 0 Å². The highest BCUT2D eigenvalue weighted by molar-refractivity contribution is 8.00. The maximum Gasteiger partial charge on any atom is 0.303 e. The van der Waals surface area contributed by atoms with Crippen molar-refractivity contribution in [3.05, 3.63) is 0 Å². The normalized spacial score (nSPS) is 27.8. The molecule has 0 saturated carbocycles. The Kier molecular flexibility index (Phi) is 4.59. The minimum Gasteiger partial charge on any atom is -0.481 e. The number of aliphatic carboxylic acids is 1. The van der Waals surface area contributed by atoms with Crippen molar-refractivity contribution < 1.29 is 9.90 Å². The molecule has 0 aliphatic carbocycles. The summed E-state index contributed by atoms with van der Waals surface area (Å²) in [6, 6.07) is 0.370. The molecule has 3 nitrogen and oxygen atoms in total. The summed E-state index contributed by atoms with van der Waals surface area (Å²) in [6.07, 6.45) is 4.38. The Morgan fingerprint density at radius 2 is 2.31 bits per heavy atom. The van der Waals surface area contributed by atoms with Crippen LogP contribution < -0.4 is 5.73 Å². The number of hydrogen-bond acceptors (Lipinski definition) is 3. The Labute approximate surface area is 83.1 Å². The lowest BCUT2D eigenvalue weighted by atomic mass is 10.1. The fraction of sp³-hybridized carbons (Fsp3) is 0.889. The highest BCUT2D eigenvalue weighted by Crippen LogP contribution is 2.29. The van der Waals surface area contributed by atoms with Gasteiger partial charge < -0.3 is 10.8 Å². The van der Waals surface area contributed by atoms with Crippen LogP contribution in [0, 0.1) is 0 Å². The van der Waals surface area contributed by atoms with Crippen LogP contribution in [0.1, 0.15) is 32.1 Å². The van der Waals surface area contributed by atoms with E-state index in [4.69, 9.17) is 10.8 Å². The first-order chi connectivity index (χ1) is 6.18. The van der Waals surface area contributed by atoms with Gasteiger partial charge in [-0.15, -0.1) is 0 Å². The summed E-state index contributed by atoms with van der Waals surface area (Å²) in [5.41, 5.74) is 5.76. The van der Waals surface area contributed by atoms with E-state index in [1.807, 2.05) is 11.8 Å². The number of carbonyl (C=O) groups is 1. The molecule has 4 heteroatoms. The number of rotatable bonds is 5. The number of thioether (sulfide) groups is 1. The van der Waals surface area contributed by atoms with E-state index in [2.05, 4.69) is 0 Å². The van der Waals surface area contributed by atoms with Crippen molar-refractivity contribution in [2.75, 3.05) is 5.75 Å². The Balaban J connectivity index is 1.97. The lowest BCUT2D eigenvalue weighted by Gasteiger charge is -2.06. The van der Waals surface area contributed by atoms with Gasteiger partial charge in [0.1, 0.15) is 0 Å². The topological polar surface area (TPSA) is 63.3 Å². The number of unbranched alkanes of at least 4 members (excludes halogenated alkanes) is 1. The lowest BCUT2D eigenvalue weighted by molar-refractivity contribution is -0.137. The summed E-state index contributed by atoms with van der Waals surface area (Å²) >= 11 is 1.94. The summed E-state index contributed by atoms with van der Waals surface area (Å²) in [5, 5.41) is 9.11. The molecule has 1 saturated heterocycles. The summed E-state index contributed by atoms with van der Waals surface area (Å²) in [5.74, 6) is 0.389. The molecule has 0 radical (unpaired) electrons. The van der Waals surface area contributed by atoms with Gasteiger partial charge in [0.15, 0.2) is 0 Å². The van der Waals surface area contributed by atoms with Gasteiger partial charge in [-0.25, -0.2) is 0 Å². The Morgan fingerprint density at radius 1 is 1.54 bits per heavy atom. The van der Waals surface area contributed by atoms with Crippen LogP contribution in [0.2, 0.25) is 0 Å². The van der Waals surface area contributed by atoms with Crippen LogP contribution >= 0.6 is 11.8 Å². The molecule has 2 unspecified atom stereocenters. The predicted molar refractivity (Wildman–Crippen MR) is 54.9 cm³/mol. The number of carboxylic acid groups (broad SMARTS) is 1. The molecular formula is C9H17NO2S. The average molecular weight is 203 g/mol. The second-order valence-corrected chi connectivity index (χ2v) is 4.92. The van der Waals surface area contributed by atoms with E-state index < -0.39 is 5.97 Å². The van der Waals surface area contributed by atoms with Gasteiger partial charge in [-0.3, -0.25) is 4.79 Å². The zero-order chi connectivity index (χ0) is 9.68. The largest absolute Gasteiger partial charge is 0.481 e. The molecule has 1 rings (SSSR count). The quantitative estimate of drug-likeness (QED) is 0.664. The standard InChI is InChI=1S/C9H17NO2S/c10-7-5-8(13-6-7)3-1-2-4-9(11)12/h7-8H,1-6,10H2,(H,11,12). The van der Waals surface area contributed by atoms with Crippen molar-refractivity contribution in [2.45, 2.75) is 43.4 Å². The maximum atomic E-state index is 10.2. The first kappa shape index (κ1) is 10.9. The van der Waals surface area contributed by atoms with Gasteiger partial charge in [-0.1, -0.05) is 6.42 Å². The molecule has 1 aliphatic heterocycles. The second kappa shape index (κ2) is 5.50. The van der Waals surface area contributed by atoms with Gasteiger partial charge in [-0.05, 0) is 19.3 Å². The first-order valence-corrected chi connectivity index (χ1v) is 5.82. The van der Waals surface area contributed by atoms with Crippen molar-refractivity contribution in [3.63, 3.8) is 0 Å². The van der Waals surface area contributed by atoms with E-state index in [9.17, 15) is 4.79 Å². The van der Waals surface area contributed by atoms with Crippen LogP contribution in [0.15, 0.2) is 0 Å². The van der Waals surface area contributed by atoms with E-state index in [1.54, 1.807) is 0 Å². The van der Waals surface area contributed by atoms with E-state index in [-0.39, 0.29) is 0 Å². The maximum absolute atomic E-state index is 10.2. The van der Waals surface area contributed by atoms with E-state index in [0.29, 0.717) is 17.7 Å². The molecule has 1 heterocycles. The van der Waals surface area contributed by atoms with Crippen LogP contribution in [0.3, 0.4) is 0 Å². The van der Waals surface area contributed by atoms with E-state index in [0.717, 1.165) is 31.4 Å². The number of carboxylic acids is 1. The summed E-state index contributed by atoms with van der Waals surface area (Å²) in [4.78, 5) is 10.2. The van der Waals surface area contributed by atoms with Crippen molar-refractivity contribution in [1.29, 1.82) is 0 Å². The Hall–Kier alpha value is -0.220. The molecule has 13 heavy (non-hydrogen) atoms. The van der Waals surface area contributed by atoms with Gasteiger partial charge in [-0.2, -0.15) is 11.8 Å². The number of hydrogen-bond donors (Lipinski definition) is 2. The van der Waals surface area contributed by atoms with Gasteiger partial charge in [0.05, 0.1) is 0 Å². The SMILES string of the molecule is NC1CSC(CCCCC(=O)O)C1. The third-order valence-electron chi connectivity index (χ3n) is 2.28. The summed E-state index contributed by atoms with van der Waals surface area (Å²) in [6.45, 7) is 0. The molecule has 0 aromatic heterocycles. The van der Waals surface area contributed by atoms with E-state index >= 15 is 0 Å².